The van der Waals surface area contributed by atoms with E-state index in [2.05, 4.69) is 0 Å². The minimum Gasteiger partial charge on any atom is -0.478 e. The van der Waals surface area contributed by atoms with Gasteiger partial charge in [-0.1, -0.05) is 6.07 Å². The van der Waals surface area contributed by atoms with Gasteiger partial charge in [-0.15, -0.1) is 0 Å². The van der Waals surface area contributed by atoms with Gasteiger partial charge < -0.3 is 15.1 Å². The van der Waals surface area contributed by atoms with E-state index in [0.717, 1.165) is 24.2 Å². The molecule has 16 heavy (non-hydrogen) atoms. The third-order valence-corrected chi connectivity index (χ3v) is 2.96. The molecule has 0 amide bonds. The summed E-state index contributed by atoms with van der Waals surface area (Å²) in [5, 5.41) is 18.4. The van der Waals surface area contributed by atoms with Gasteiger partial charge in [-0.25, -0.2) is 4.79 Å². The first kappa shape index (κ1) is 11.0. The average Bonchev–Trinajstić information content (AvgIpc) is 2.65. The number of carbonyl (C=O) groups is 1. The first-order valence-corrected chi connectivity index (χ1v) is 5.35. The Morgan fingerprint density at radius 1 is 1.50 bits per heavy atom. The number of carboxylic acids is 1. The van der Waals surface area contributed by atoms with E-state index in [1.54, 1.807) is 12.1 Å². The number of hydrogen-bond acceptors (Lipinski definition) is 3. The summed E-state index contributed by atoms with van der Waals surface area (Å²) in [4.78, 5) is 12.9. The molecule has 0 aliphatic carbocycles. The van der Waals surface area contributed by atoms with Crippen molar-refractivity contribution in [3.05, 3.63) is 29.3 Å². The Morgan fingerprint density at radius 3 is 2.81 bits per heavy atom. The van der Waals surface area contributed by atoms with Gasteiger partial charge in [-0.2, -0.15) is 0 Å². The van der Waals surface area contributed by atoms with Gasteiger partial charge in [-0.05, 0) is 31.0 Å². The molecule has 0 aromatic heterocycles. The number of carboxylic acid groups (broad SMARTS) is 1. The maximum Gasteiger partial charge on any atom is 0.335 e. The molecule has 1 aliphatic rings. The Bertz CT molecular complexity index is 417. The summed E-state index contributed by atoms with van der Waals surface area (Å²) in [5.74, 6) is -0.916. The standard InChI is InChI=1S/C12H15NO3/c1-8-2-3-9(12(15)16)6-11(8)13-5-4-10(14)7-13/h2-3,6,10,14H,4-5,7H2,1H3,(H,15,16). The van der Waals surface area contributed by atoms with Gasteiger partial charge in [0.15, 0.2) is 0 Å². The highest BCUT2D eigenvalue weighted by atomic mass is 16.4. The van der Waals surface area contributed by atoms with Crippen LogP contribution in [0, 0.1) is 6.92 Å². The number of benzene rings is 1. The van der Waals surface area contributed by atoms with E-state index in [9.17, 15) is 9.90 Å². The molecular formula is C12H15NO3. The first-order chi connectivity index (χ1) is 7.58. The lowest BCUT2D eigenvalue weighted by Crippen LogP contribution is -2.22. The van der Waals surface area contributed by atoms with Crippen molar-refractivity contribution < 1.29 is 15.0 Å². The van der Waals surface area contributed by atoms with Gasteiger partial charge in [0.1, 0.15) is 0 Å². The van der Waals surface area contributed by atoms with Crippen LogP contribution in [0.15, 0.2) is 18.2 Å². The summed E-state index contributed by atoms with van der Waals surface area (Å²) in [6.07, 6.45) is 0.449. The van der Waals surface area contributed by atoms with Crippen molar-refractivity contribution in [2.24, 2.45) is 0 Å². The fraction of sp³-hybridized carbons (Fsp3) is 0.417. The molecule has 1 aromatic rings. The van der Waals surface area contributed by atoms with Crippen LogP contribution in [0.25, 0.3) is 0 Å². The largest absolute Gasteiger partial charge is 0.478 e. The normalized spacial score (nSPS) is 20.1. The van der Waals surface area contributed by atoms with E-state index in [-0.39, 0.29) is 6.10 Å². The molecule has 0 bridgehead atoms. The van der Waals surface area contributed by atoms with Crippen LogP contribution >= 0.6 is 0 Å². The molecule has 0 saturated carbocycles. The second kappa shape index (κ2) is 4.14. The summed E-state index contributed by atoms with van der Waals surface area (Å²) in [6.45, 7) is 3.32. The first-order valence-electron chi connectivity index (χ1n) is 5.35. The number of aliphatic hydroxyl groups is 1. The van der Waals surface area contributed by atoms with Gasteiger partial charge in [0.2, 0.25) is 0 Å². The summed E-state index contributed by atoms with van der Waals surface area (Å²) in [5.41, 5.74) is 2.25. The molecule has 4 heteroatoms. The predicted octanol–water partition coefficient (Wildman–Crippen LogP) is 1.26. The van der Waals surface area contributed by atoms with Gasteiger partial charge in [0.25, 0.3) is 0 Å². The van der Waals surface area contributed by atoms with Crippen molar-refractivity contribution in [3.8, 4) is 0 Å². The number of aliphatic hydroxyl groups excluding tert-OH is 1. The molecule has 1 aliphatic heterocycles. The summed E-state index contributed by atoms with van der Waals surface area (Å²) < 4.78 is 0. The number of aryl methyl sites for hydroxylation is 1. The lowest BCUT2D eigenvalue weighted by atomic mass is 10.1. The van der Waals surface area contributed by atoms with Crippen LogP contribution in [-0.2, 0) is 0 Å². The van der Waals surface area contributed by atoms with E-state index in [0.29, 0.717) is 12.1 Å². The average molecular weight is 221 g/mol. The molecule has 1 fully saturated rings. The Kier molecular flexibility index (Phi) is 2.83. The number of nitrogens with zero attached hydrogens (tertiary/aromatic N) is 1. The molecule has 0 spiro atoms. The number of β-amino-alcohol motifs (C(OH)–C–C–N with tert-alkyl or cyclic N) is 1. The minimum absolute atomic E-state index is 0.294. The van der Waals surface area contributed by atoms with Gasteiger partial charge in [0, 0.05) is 18.8 Å². The van der Waals surface area contributed by atoms with Crippen LogP contribution in [0.1, 0.15) is 22.3 Å². The van der Waals surface area contributed by atoms with Gasteiger partial charge in [0.05, 0.1) is 11.7 Å². The van der Waals surface area contributed by atoms with E-state index in [1.165, 1.54) is 0 Å². The zero-order valence-electron chi connectivity index (χ0n) is 9.18. The van der Waals surface area contributed by atoms with E-state index < -0.39 is 5.97 Å². The van der Waals surface area contributed by atoms with Crippen molar-refractivity contribution in [1.82, 2.24) is 0 Å². The molecule has 2 N–H and O–H groups in total. The monoisotopic (exact) mass is 221 g/mol. The molecule has 1 atom stereocenters. The summed E-state index contributed by atoms with van der Waals surface area (Å²) >= 11 is 0. The Morgan fingerprint density at radius 2 is 2.25 bits per heavy atom. The second-order valence-corrected chi connectivity index (χ2v) is 4.19. The molecule has 1 unspecified atom stereocenters. The van der Waals surface area contributed by atoms with Crippen LogP contribution in [0.4, 0.5) is 5.69 Å². The SMILES string of the molecule is Cc1ccc(C(=O)O)cc1N1CCC(O)C1. The summed E-state index contributed by atoms with van der Waals surface area (Å²) in [6, 6.07) is 5.09. The lowest BCUT2D eigenvalue weighted by Gasteiger charge is -2.20. The lowest BCUT2D eigenvalue weighted by molar-refractivity contribution is 0.0697. The molecule has 2 rings (SSSR count). The molecule has 4 nitrogen and oxygen atoms in total. The van der Waals surface area contributed by atoms with Crippen molar-refractivity contribution in [3.63, 3.8) is 0 Å². The van der Waals surface area contributed by atoms with Crippen molar-refractivity contribution >= 4 is 11.7 Å². The maximum atomic E-state index is 10.9. The minimum atomic E-state index is -0.916. The highest BCUT2D eigenvalue weighted by Crippen LogP contribution is 2.25. The van der Waals surface area contributed by atoms with Crippen molar-refractivity contribution in [2.45, 2.75) is 19.4 Å². The van der Waals surface area contributed by atoms with E-state index in [4.69, 9.17) is 5.11 Å². The van der Waals surface area contributed by atoms with Crippen LogP contribution in [0.3, 0.4) is 0 Å². The van der Waals surface area contributed by atoms with Gasteiger partial charge >= 0.3 is 5.97 Å². The van der Waals surface area contributed by atoms with Crippen molar-refractivity contribution in [1.29, 1.82) is 0 Å². The van der Waals surface area contributed by atoms with Crippen LogP contribution in [-0.4, -0.2) is 35.4 Å². The summed E-state index contributed by atoms with van der Waals surface area (Å²) in [7, 11) is 0. The Balaban J connectivity index is 2.32. The fourth-order valence-corrected chi connectivity index (χ4v) is 2.04. The van der Waals surface area contributed by atoms with Gasteiger partial charge in [-0.3, -0.25) is 0 Å². The molecule has 1 aromatic carbocycles. The number of anilines is 1. The Labute approximate surface area is 94.1 Å². The molecule has 0 radical (unpaired) electrons. The third kappa shape index (κ3) is 2.02. The Hall–Kier alpha value is -1.55. The maximum absolute atomic E-state index is 10.9. The topological polar surface area (TPSA) is 60.8 Å². The van der Waals surface area contributed by atoms with Crippen LogP contribution < -0.4 is 4.90 Å². The van der Waals surface area contributed by atoms with E-state index >= 15 is 0 Å². The fourth-order valence-electron chi connectivity index (χ4n) is 2.04. The zero-order valence-corrected chi connectivity index (χ0v) is 9.18. The molecule has 86 valence electrons. The van der Waals surface area contributed by atoms with E-state index in [1.807, 2.05) is 17.9 Å². The molecule has 1 saturated heterocycles. The van der Waals surface area contributed by atoms with Crippen LogP contribution in [0.5, 0.6) is 0 Å². The third-order valence-electron chi connectivity index (χ3n) is 2.96. The second-order valence-electron chi connectivity index (χ2n) is 4.19. The zero-order chi connectivity index (χ0) is 11.7. The smallest absolute Gasteiger partial charge is 0.335 e. The highest BCUT2D eigenvalue weighted by Gasteiger charge is 2.22. The molecular weight excluding hydrogens is 206 g/mol. The predicted molar refractivity (Wildman–Crippen MR) is 61.0 cm³/mol. The highest BCUT2D eigenvalue weighted by molar-refractivity contribution is 5.89. The van der Waals surface area contributed by atoms with Crippen molar-refractivity contribution in [2.75, 3.05) is 18.0 Å². The van der Waals surface area contributed by atoms with Crippen LogP contribution in [0.2, 0.25) is 0 Å². The number of rotatable bonds is 2. The quantitative estimate of drug-likeness (QED) is 0.789. The molecule has 1 heterocycles. The number of hydrogen-bond donors (Lipinski definition) is 2. The number of aromatic carboxylic acids is 1.